The van der Waals surface area contributed by atoms with E-state index in [2.05, 4.69) is 5.16 Å². The number of nitrogens with zero attached hydrogens (tertiary/aromatic N) is 2. The molecule has 74 valence electrons. The number of halogens is 1. The second-order valence-electron chi connectivity index (χ2n) is 2.62. The summed E-state index contributed by atoms with van der Waals surface area (Å²) in [5.41, 5.74) is 0.552. The van der Waals surface area contributed by atoms with E-state index in [0.29, 0.717) is 5.56 Å². The first-order valence-electron chi connectivity index (χ1n) is 3.70. The van der Waals surface area contributed by atoms with Crippen molar-refractivity contribution in [1.29, 1.82) is 0 Å². The Labute approximate surface area is 84.8 Å². The van der Waals surface area contributed by atoms with Gasteiger partial charge >= 0.3 is 0 Å². The lowest BCUT2D eigenvalue weighted by Gasteiger charge is -2.02. The number of oxime groups is 1. The highest BCUT2D eigenvalue weighted by Gasteiger charge is 2.19. The highest BCUT2D eigenvalue weighted by Crippen LogP contribution is 2.23. The number of hydrogen-bond acceptors (Lipinski definition) is 4. The molecule has 0 aliphatic rings. The molecule has 0 unspecified atom stereocenters. The molecule has 0 bridgehead atoms. The molecule has 5 nitrogen and oxygen atoms in total. The van der Waals surface area contributed by atoms with E-state index in [1.54, 1.807) is 19.1 Å². The molecule has 0 aliphatic heterocycles. The van der Waals surface area contributed by atoms with Crippen molar-refractivity contribution in [2.45, 2.75) is 6.92 Å². The van der Waals surface area contributed by atoms with E-state index in [1.165, 1.54) is 6.07 Å². The molecule has 0 amide bonds. The predicted molar refractivity (Wildman–Crippen MR) is 52.0 cm³/mol. The lowest BCUT2D eigenvalue weighted by molar-refractivity contribution is -0.385. The topological polar surface area (TPSA) is 75.7 Å². The highest BCUT2D eigenvalue weighted by molar-refractivity contribution is 6.70. The molecule has 0 saturated carbocycles. The zero-order chi connectivity index (χ0) is 10.7. The number of hydrogen-bond donors (Lipinski definition) is 1. The van der Waals surface area contributed by atoms with E-state index in [4.69, 9.17) is 16.8 Å². The molecule has 1 aromatic rings. The predicted octanol–water partition coefficient (Wildman–Crippen LogP) is 2.28. The van der Waals surface area contributed by atoms with Gasteiger partial charge in [-0.25, -0.2) is 0 Å². The molecule has 0 atom stereocenters. The zero-order valence-corrected chi connectivity index (χ0v) is 8.02. The van der Waals surface area contributed by atoms with E-state index < -0.39 is 4.92 Å². The Kier molecular flexibility index (Phi) is 3.03. The van der Waals surface area contributed by atoms with Gasteiger partial charge in [-0.3, -0.25) is 10.1 Å². The van der Waals surface area contributed by atoms with Crippen LogP contribution < -0.4 is 0 Å². The Morgan fingerprint density at radius 1 is 1.64 bits per heavy atom. The zero-order valence-electron chi connectivity index (χ0n) is 7.27. The summed E-state index contributed by atoms with van der Waals surface area (Å²) in [6.07, 6.45) is 0. The van der Waals surface area contributed by atoms with Crippen molar-refractivity contribution in [2.24, 2.45) is 5.16 Å². The third-order valence-corrected chi connectivity index (χ3v) is 2.01. The van der Waals surface area contributed by atoms with Crippen LogP contribution in [0.5, 0.6) is 0 Å². The summed E-state index contributed by atoms with van der Waals surface area (Å²) in [4.78, 5) is 10.0. The Balaban J connectivity index is 3.45. The summed E-state index contributed by atoms with van der Waals surface area (Å²) >= 11 is 5.54. The number of benzene rings is 1. The third kappa shape index (κ3) is 1.82. The molecule has 0 heterocycles. The Morgan fingerprint density at radius 3 is 2.79 bits per heavy atom. The molecular weight excluding hydrogens is 208 g/mol. The van der Waals surface area contributed by atoms with Gasteiger partial charge in [-0.05, 0) is 12.5 Å². The quantitative estimate of drug-likeness (QED) is 0.355. The summed E-state index contributed by atoms with van der Waals surface area (Å²) in [6.45, 7) is 1.65. The molecule has 0 aliphatic carbocycles. The van der Waals surface area contributed by atoms with E-state index in [1.807, 2.05) is 0 Å². The molecule has 1 rings (SSSR count). The molecule has 14 heavy (non-hydrogen) atoms. The minimum atomic E-state index is -0.574. The van der Waals surface area contributed by atoms with E-state index in [-0.39, 0.29) is 16.4 Å². The van der Waals surface area contributed by atoms with Gasteiger partial charge < -0.3 is 5.21 Å². The Morgan fingerprint density at radius 2 is 2.29 bits per heavy atom. The van der Waals surface area contributed by atoms with Crippen molar-refractivity contribution in [3.05, 3.63) is 39.4 Å². The van der Waals surface area contributed by atoms with E-state index in [9.17, 15) is 10.1 Å². The molecule has 1 aromatic carbocycles. The monoisotopic (exact) mass is 214 g/mol. The maximum absolute atomic E-state index is 10.6. The fourth-order valence-corrected chi connectivity index (χ4v) is 1.37. The lowest BCUT2D eigenvalue weighted by Crippen LogP contribution is -2.01. The van der Waals surface area contributed by atoms with Crippen LogP contribution in [0.1, 0.15) is 11.1 Å². The first kappa shape index (κ1) is 10.5. The van der Waals surface area contributed by atoms with Crippen LogP contribution in [0.4, 0.5) is 5.69 Å². The van der Waals surface area contributed by atoms with Crippen LogP contribution in [0, 0.1) is 17.0 Å². The summed E-state index contributed by atoms with van der Waals surface area (Å²) in [6, 6.07) is 4.49. The maximum atomic E-state index is 10.6. The van der Waals surface area contributed by atoms with Crippen LogP contribution in [0.25, 0.3) is 0 Å². The lowest BCUT2D eigenvalue weighted by atomic mass is 10.1. The largest absolute Gasteiger partial charge is 0.410 e. The average Bonchev–Trinajstić information content (AvgIpc) is 2.16. The van der Waals surface area contributed by atoms with Gasteiger partial charge in [-0.15, -0.1) is 0 Å². The summed E-state index contributed by atoms with van der Waals surface area (Å²) in [5.74, 6) is 0. The fourth-order valence-electron chi connectivity index (χ4n) is 1.12. The van der Waals surface area contributed by atoms with Gasteiger partial charge in [-0.2, -0.15) is 0 Å². The van der Waals surface area contributed by atoms with Crippen molar-refractivity contribution >= 4 is 22.5 Å². The summed E-state index contributed by atoms with van der Waals surface area (Å²) in [5, 5.41) is 21.5. The van der Waals surface area contributed by atoms with Crippen molar-refractivity contribution < 1.29 is 10.1 Å². The molecule has 0 radical (unpaired) electrons. The molecule has 0 fully saturated rings. The van der Waals surface area contributed by atoms with Gasteiger partial charge in [0.15, 0.2) is 5.17 Å². The number of aryl methyl sites for hydroxylation is 1. The highest BCUT2D eigenvalue weighted by atomic mass is 35.5. The van der Waals surface area contributed by atoms with Gasteiger partial charge in [0.25, 0.3) is 5.69 Å². The van der Waals surface area contributed by atoms with E-state index in [0.717, 1.165) is 0 Å². The summed E-state index contributed by atoms with van der Waals surface area (Å²) in [7, 11) is 0. The molecule has 0 saturated heterocycles. The smallest absolute Gasteiger partial charge is 0.280 e. The van der Waals surface area contributed by atoms with Crippen molar-refractivity contribution in [3.63, 3.8) is 0 Å². The second-order valence-corrected chi connectivity index (χ2v) is 2.97. The minimum Gasteiger partial charge on any atom is -0.410 e. The van der Waals surface area contributed by atoms with Crippen LogP contribution >= 0.6 is 11.6 Å². The standard InChI is InChI=1S/C8H7ClN2O3/c1-5-3-2-4-6(11(13)14)7(5)8(9)10-12/h2-4,12H,1H3. The second kappa shape index (κ2) is 4.06. The van der Waals surface area contributed by atoms with Crippen LogP contribution in [0.15, 0.2) is 23.4 Å². The maximum Gasteiger partial charge on any atom is 0.280 e. The molecule has 0 aromatic heterocycles. The average molecular weight is 215 g/mol. The Bertz CT molecular complexity index is 404. The molecule has 6 heteroatoms. The van der Waals surface area contributed by atoms with E-state index >= 15 is 0 Å². The van der Waals surface area contributed by atoms with Gasteiger partial charge in [0, 0.05) is 6.07 Å². The van der Waals surface area contributed by atoms with Crippen LogP contribution in [0.3, 0.4) is 0 Å². The SMILES string of the molecule is Cc1cccc([N+](=O)[O-])c1C(Cl)=NO. The van der Waals surface area contributed by atoms with Crippen molar-refractivity contribution in [2.75, 3.05) is 0 Å². The van der Waals surface area contributed by atoms with Gasteiger partial charge in [-0.1, -0.05) is 28.9 Å². The first-order chi connectivity index (χ1) is 6.57. The number of nitro groups is 1. The normalized spacial score (nSPS) is 11.4. The minimum absolute atomic E-state index is 0.140. The third-order valence-electron chi connectivity index (χ3n) is 1.74. The van der Waals surface area contributed by atoms with Crippen LogP contribution in [0.2, 0.25) is 0 Å². The molecule has 0 spiro atoms. The molecule has 1 N–H and O–H groups in total. The fraction of sp³-hybridized carbons (Fsp3) is 0.125. The number of nitro benzene ring substituents is 1. The summed E-state index contributed by atoms with van der Waals surface area (Å²) < 4.78 is 0. The van der Waals surface area contributed by atoms with Crippen LogP contribution in [-0.4, -0.2) is 15.3 Å². The van der Waals surface area contributed by atoms with Gasteiger partial charge in [0.05, 0.1) is 10.5 Å². The number of rotatable bonds is 2. The van der Waals surface area contributed by atoms with Crippen LogP contribution in [-0.2, 0) is 0 Å². The molecular formula is C8H7ClN2O3. The Hall–Kier alpha value is -1.62. The van der Waals surface area contributed by atoms with Crippen molar-refractivity contribution in [1.82, 2.24) is 0 Å². The van der Waals surface area contributed by atoms with Gasteiger partial charge in [0.1, 0.15) is 0 Å². The van der Waals surface area contributed by atoms with Gasteiger partial charge in [0.2, 0.25) is 0 Å². The van der Waals surface area contributed by atoms with Crippen molar-refractivity contribution in [3.8, 4) is 0 Å². The first-order valence-corrected chi connectivity index (χ1v) is 4.07.